The van der Waals surface area contributed by atoms with Crippen molar-refractivity contribution >= 4 is 23.6 Å². The molecule has 0 atom stereocenters. The maximum absolute atomic E-state index is 13.1. The first-order chi connectivity index (χ1) is 13.5. The minimum Gasteiger partial charge on any atom is -0.461 e. The lowest BCUT2D eigenvalue weighted by atomic mass is 10.2. The lowest BCUT2D eigenvalue weighted by Gasteiger charge is -2.17. The Hall–Kier alpha value is -2.99. The van der Waals surface area contributed by atoms with Crippen LogP contribution in [-0.4, -0.2) is 43.0 Å². The second kappa shape index (κ2) is 11.0. The van der Waals surface area contributed by atoms with E-state index in [1.165, 1.54) is 24.3 Å². The number of carbonyl (C=O) groups excluding carboxylic acids is 2. The molecule has 28 heavy (non-hydrogen) atoms. The molecule has 2 aromatic rings. The smallest absolute Gasteiger partial charge is 0.338 e. The van der Waals surface area contributed by atoms with Gasteiger partial charge in [-0.25, -0.2) is 9.18 Å². The highest BCUT2D eigenvalue weighted by Gasteiger charge is 2.08. The van der Waals surface area contributed by atoms with Crippen molar-refractivity contribution in [3.05, 3.63) is 71.6 Å². The number of benzene rings is 2. The lowest BCUT2D eigenvalue weighted by Crippen LogP contribution is -2.27. The zero-order valence-electron chi connectivity index (χ0n) is 16.2. The summed E-state index contributed by atoms with van der Waals surface area (Å²) in [6, 6.07) is 12.4. The van der Waals surface area contributed by atoms with Gasteiger partial charge in [-0.2, -0.15) is 0 Å². The number of nitrogens with zero attached hydrogens (tertiary/aromatic N) is 1. The van der Waals surface area contributed by atoms with Crippen molar-refractivity contribution in [2.75, 3.05) is 31.6 Å². The number of anilines is 1. The molecule has 0 aliphatic rings. The Labute approximate surface area is 164 Å². The predicted octanol–water partition coefficient (Wildman–Crippen LogP) is 3.98. The first-order valence-corrected chi connectivity index (χ1v) is 9.26. The number of likely N-dealkylation sites (N-methyl/N-ethyl adjacent to an activating group) is 1. The summed E-state index contributed by atoms with van der Waals surface area (Å²) in [5.74, 6) is -1.10. The number of carbonyl (C=O) groups is 2. The SMILES string of the molecule is CCN(CC)CCOC(=O)c1ccc(NC(=O)/C=C/c2cccc(F)c2)cc1. The van der Waals surface area contributed by atoms with Gasteiger partial charge in [0.2, 0.25) is 5.91 Å². The monoisotopic (exact) mass is 384 g/mol. The van der Waals surface area contributed by atoms with Crippen molar-refractivity contribution < 1.29 is 18.7 Å². The van der Waals surface area contributed by atoms with Gasteiger partial charge in [0.1, 0.15) is 12.4 Å². The van der Waals surface area contributed by atoms with Crippen LogP contribution < -0.4 is 5.32 Å². The number of halogens is 1. The van der Waals surface area contributed by atoms with Gasteiger partial charge in [0, 0.05) is 18.3 Å². The number of amides is 1. The second-order valence-electron chi connectivity index (χ2n) is 6.12. The Morgan fingerprint density at radius 2 is 1.82 bits per heavy atom. The van der Waals surface area contributed by atoms with Crippen LogP contribution in [-0.2, 0) is 9.53 Å². The number of esters is 1. The van der Waals surface area contributed by atoms with Gasteiger partial charge in [-0.15, -0.1) is 0 Å². The van der Waals surface area contributed by atoms with Crippen LogP contribution in [0, 0.1) is 5.82 Å². The first kappa shape index (κ1) is 21.3. The highest BCUT2D eigenvalue weighted by molar-refractivity contribution is 6.02. The number of rotatable bonds is 9. The number of nitrogens with one attached hydrogen (secondary N) is 1. The summed E-state index contributed by atoms with van der Waals surface area (Å²) in [4.78, 5) is 26.2. The van der Waals surface area contributed by atoms with E-state index in [-0.39, 0.29) is 11.7 Å². The highest BCUT2D eigenvalue weighted by atomic mass is 19.1. The van der Waals surface area contributed by atoms with Crippen LogP contribution in [0.3, 0.4) is 0 Å². The van der Waals surface area contributed by atoms with E-state index in [4.69, 9.17) is 4.74 Å². The topological polar surface area (TPSA) is 58.6 Å². The van der Waals surface area contributed by atoms with Crippen molar-refractivity contribution in [2.45, 2.75) is 13.8 Å². The van der Waals surface area contributed by atoms with Crippen LogP contribution in [0.25, 0.3) is 6.08 Å². The summed E-state index contributed by atoms with van der Waals surface area (Å²) in [5, 5.41) is 2.69. The van der Waals surface area contributed by atoms with Crippen LogP contribution in [0.4, 0.5) is 10.1 Å². The minimum atomic E-state index is -0.393. The van der Waals surface area contributed by atoms with Gasteiger partial charge >= 0.3 is 5.97 Å². The Bertz CT molecular complexity index is 815. The Morgan fingerprint density at radius 1 is 1.11 bits per heavy atom. The molecule has 0 aliphatic heterocycles. The maximum atomic E-state index is 13.1. The quantitative estimate of drug-likeness (QED) is 0.525. The Kier molecular flexibility index (Phi) is 8.37. The van der Waals surface area contributed by atoms with Gasteiger partial charge in [0.15, 0.2) is 0 Å². The summed E-state index contributed by atoms with van der Waals surface area (Å²) in [7, 11) is 0. The molecule has 0 aromatic heterocycles. The summed E-state index contributed by atoms with van der Waals surface area (Å²) in [6.45, 7) is 6.98. The molecule has 0 saturated carbocycles. The molecule has 1 N–H and O–H groups in total. The van der Waals surface area contributed by atoms with Crippen LogP contribution in [0.15, 0.2) is 54.6 Å². The van der Waals surface area contributed by atoms with E-state index in [1.54, 1.807) is 36.4 Å². The van der Waals surface area contributed by atoms with E-state index in [2.05, 4.69) is 24.1 Å². The highest BCUT2D eigenvalue weighted by Crippen LogP contribution is 2.11. The predicted molar refractivity (Wildman–Crippen MR) is 109 cm³/mol. The van der Waals surface area contributed by atoms with Crippen LogP contribution in [0.2, 0.25) is 0 Å². The third-order valence-corrected chi connectivity index (χ3v) is 4.20. The van der Waals surface area contributed by atoms with Gasteiger partial charge in [-0.3, -0.25) is 4.79 Å². The van der Waals surface area contributed by atoms with Gasteiger partial charge in [-0.05, 0) is 61.1 Å². The van der Waals surface area contributed by atoms with E-state index in [0.29, 0.717) is 30.0 Å². The maximum Gasteiger partial charge on any atom is 0.338 e. The van der Waals surface area contributed by atoms with E-state index >= 15 is 0 Å². The fraction of sp³-hybridized carbons (Fsp3) is 0.273. The van der Waals surface area contributed by atoms with Crippen LogP contribution in [0.5, 0.6) is 0 Å². The molecule has 2 aromatic carbocycles. The molecule has 148 valence electrons. The zero-order chi connectivity index (χ0) is 20.4. The molecule has 0 aliphatic carbocycles. The first-order valence-electron chi connectivity index (χ1n) is 9.26. The Balaban J connectivity index is 1.84. The van der Waals surface area contributed by atoms with E-state index in [9.17, 15) is 14.0 Å². The van der Waals surface area contributed by atoms with Gasteiger partial charge < -0.3 is 15.0 Å². The largest absolute Gasteiger partial charge is 0.461 e. The van der Waals surface area contributed by atoms with Gasteiger partial charge in [0.05, 0.1) is 5.56 Å². The molecule has 0 bridgehead atoms. The lowest BCUT2D eigenvalue weighted by molar-refractivity contribution is -0.111. The standard InChI is InChI=1S/C22H25FN2O3/c1-3-25(4-2)14-15-28-22(27)18-9-11-20(12-10-18)24-21(26)13-8-17-6-5-7-19(23)16-17/h5-13,16H,3-4,14-15H2,1-2H3,(H,24,26)/b13-8+. The summed E-state index contributed by atoms with van der Waals surface area (Å²) in [5.41, 5.74) is 1.57. The summed E-state index contributed by atoms with van der Waals surface area (Å²) < 4.78 is 18.4. The molecule has 0 spiro atoms. The van der Waals surface area contributed by atoms with Gasteiger partial charge in [0.25, 0.3) is 0 Å². The molecule has 1 amide bonds. The molecule has 0 unspecified atom stereocenters. The Morgan fingerprint density at radius 3 is 2.46 bits per heavy atom. The molecule has 0 saturated heterocycles. The summed E-state index contributed by atoms with van der Waals surface area (Å²) >= 11 is 0. The zero-order valence-corrected chi connectivity index (χ0v) is 16.2. The summed E-state index contributed by atoms with van der Waals surface area (Å²) in [6.07, 6.45) is 2.85. The van der Waals surface area contributed by atoms with Crippen LogP contribution in [0.1, 0.15) is 29.8 Å². The van der Waals surface area contributed by atoms with E-state index in [0.717, 1.165) is 13.1 Å². The van der Waals surface area contributed by atoms with E-state index < -0.39 is 5.97 Å². The molecular formula is C22H25FN2O3. The normalized spacial score (nSPS) is 11.0. The molecule has 0 radical (unpaired) electrons. The molecule has 2 rings (SSSR count). The molecule has 6 heteroatoms. The van der Waals surface area contributed by atoms with Crippen molar-refractivity contribution in [1.82, 2.24) is 4.90 Å². The molecule has 0 heterocycles. The number of hydrogen-bond donors (Lipinski definition) is 1. The van der Waals surface area contributed by atoms with Gasteiger partial charge in [-0.1, -0.05) is 26.0 Å². The molecule has 5 nitrogen and oxygen atoms in total. The van der Waals surface area contributed by atoms with Crippen molar-refractivity contribution in [3.8, 4) is 0 Å². The van der Waals surface area contributed by atoms with E-state index in [1.807, 2.05) is 0 Å². The fourth-order valence-electron chi connectivity index (χ4n) is 2.55. The molecule has 0 fully saturated rings. The third-order valence-electron chi connectivity index (χ3n) is 4.20. The number of ether oxygens (including phenoxy) is 1. The second-order valence-corrected chi connectivity index (χ2v) is 6.12. The van der Waals surface area contributed by atoms with Crippen LogP contribution >= 0.6 is 0 Å². The fourth-order valence-corrected chi connectivity index (χ4v) is 2.55. The minimum absolute atomic E-state index is 0.337. The average Bonchev–Trinajstić information content (AvgIpc) is 2.70. The molecular weight excluding hydrogens is 359 g/mol. The average molecular weight is 384 g/mol. The van der Waals surface area contributed by atoms with Crippen molar-refractivity contribution in [2.24, 2.45) is 0 Å². The van der Waals surface area contributed by atoms with Crippen molar-refractivity contribution in [1.29, 1.82) is 0 Å². The van der Waals surface area contributed by atoms with Crippen molar-refractivity contribution in [3.63, 3.8) is 0 Å². The third kappa shape index (κ3) is 6.96. The number of hydrogen-bond acceptors (Lipinski definition) is 4.